The molecule has 0 spiro atoms. The zero-order valence-electron chi connectivity index (χ0n) is 16.1. The topological polar surface area (TPSA) is 98.0 Å². The third-order valence-corrected chi connectivity index (χ3v) is 7.29. The number of ether oxygens (including phenoxy) is 1. The van der Waals surface area contributed by atoms with Gasteiger partial charge >= 0.3 is 5.97 Å². The van der Waals surface area contributed by atoms with Crippen LogP contribution in [-0.4, -0.2) is 55.1 Å². The lowest BCUT2D eigenvalue weighted by Crippen LogP contribution is -2.39. The number of benzene rings is 1. The van der Waals surface area contributed by atoms with E-state index in [1.807, 2.05) is 0 Å². The first kappa shape index (κ1) is 21.9. The molecular weight excluding hydrogens is 438 g/mol. The average molecular weight is 460 g/mol. The van der Waals surface area contributed by atoms with Gasteiger partial charge in [-0.15, -0.1) is 0 Å². The summed E-state index contributed by atoms with van der Waals surface area (Å²) >= 11 is 7.34. The van der Waals surface area contributed by atoms with E-state index in [-0.39, 0.29) is 25.0 Å². The minimum atomic E-state index is -3.26. The van der Waals surface area contributed by atoms with Gasteiger partial charge < -0.3 is 9.30 Å². The molecule has 3 rings (SSSR count). The second-order valence-electron chi connectivity index (χ2n) is 6.77. The highest BCUT2D eigenvalue weighted by Crippen LogP contribution is 2.23. The van der Waals surface area contributed by atoms with E-state index < -0.39 is 16.0 Å². The number of hydrogen-bond donors (Lipinski definition) is 0. The molecule has 29 heavy (non-hydrogen) atoms. The van der Waals surface area contributed by atoms with Gasteiger partial charge in [-0.2, -0.15) is 4.99 Å². The van der Waals surface area contributed by atoms with Crippen molar-refractivity contribution in [3.05, 3.63) is 28.0 Å². The van der Waals surface area contributed by atoms with Crippen LogP contribution < -0.4 is 4.80 Å². The van der Waals surface area contributed by atoms with Gasteiger partial charge in [0.15, 0.2) is 4.80 Å². The van der Waals surface area contributed by atoms with Crippen molar-refractivity contribution in [1.82, 2.24) is 8.87 Å². The molecule has 1 aliphatic rings. The lowest BCUT2D eigenvalue weighted by atomic mass is 9.98. The van der Waals surface area contributed by atoms with Crippen LogP contribution in [0, 0.1) is 5.92 Å². The first-order chi connectivity index (χ1) is 13.7. The van der Waals surface area contributed by atoms with Crippen LogP contribution in [0.25, 0.3) is 10.2 Å². The van der Waals surface area contributed by atoms with Crippen molar-refractivity contribution in [2.75, 3.05) is 26.0 Å². The summed E-state index contributed by atoms with van der Waals surface area (Å²) in [6.45, 7) is 2.53. The number of sulfonamides is 1. The van der Waals surface area contributed by atoms with Crippen molar-refractivity contribution < 1.29 is 22.7 Å². The monoisotopic (exact) mass is 459 g/mol. The number of carbonyl (C=O) groups excluding carboxylic acids is 2. The smallest absolute Gasteiger partial charge is 0.326 e. The number of nitrogens with zero attached hydrogens (tertiary/aromatic N) is 3. The molecule has 0 unspecified atom stereocenters. The van der Waals surface area contributed by atoms with Crippen LogP contribution >= 0.6 is 22.9 Å². The second-order valence-corrected chi connectivity index (χ2v) is 10.2. The van der Waals surface area contributed by atoms with E-state index in [0.29, 0.717) is 35.8 Å². The predicted octanol–water partition coefficient (Wildman–Crippen LogP) is 2.02. The Hall–Kier alpha value is -1.75. The minimum Gasteiger partial charge on any atom is -0.465 e. The van der Waals surface area contributed by atoms with E-state index in [1.165, 1.54) is 21.9 Å². The van der Waals surface area contributed by atoms with Gasteiger partial charge in [0, 0.05) is 24.0 Å². The fourth-order valence-corrected chi connectivity index (χ4v) is 5.43. The van der Waals surface area contributed by atoms with Crippen LogP contribution in [0.3, 0.4) is 0 Å². The highest BCUT2D eigenvalue weighted by Gasteiger charge is 2.29. The first-order valence-corrected chi connectivity index (χ1v) is 12.2. The number of amides is 1. The number of esters is 1. The second kappa shape index (κ2) is 8.95. The molecule has 1 aromatic carbocycles. The van der Waals surface area contributed by atoms with Gasteiger partial charge in [0.05, 0.1) is 23.1 Å². The molecule has 1 amide bonds. The number of fused-ring (bicyclic) bond motifs is 1. The summed E-state index contributed by atoms with van der Waals surface area (Å²) < 4.78 is 32.2. The summed E-state index contributed by atoms with van der Waals surface area (Å²) in [6, 6.07) is 5.25. The van der Waals surface area contributed by atoms with Gasteiger partial charge in [-0.25, -0.2) is 12.7 Å². The molecule has 0 aliphatic carbocycles. The lowest BCUT2D eigenvalue weighted by Gasteiger charge is -2.28. The van der Waals surface area contributed by atoms with Crippen LogP contribution in [0.2, 0.25) is 5.02 Å². The van der Waals surface area contributed by atoms with E-state index in [2.05, 4.69) is 4.99 Å². The van der Waals surface area contributed by atoms with Crippen LogP contribution in [-0.2, 0) is 30.9 Å². The van der Waals surface area contributed by atoms with Gasteiger partial charge in [0.1, 0.15) is 6.54 Å². The van der Waals surface area contributed by atoms with E-state index in [0.717, 1.165) is 10.2 Å². The Kier molecular flexibility index (Phi) is 6.77. The number of halogens is 1. The molecule has 0 atom stereocenters. The van der Waals surface area contributed by atoms with Crippen molar-refractivity contribution in [2.45, 2.75) is 26.3 Å². The number of aromatic nitrogens is 1. The summed E-state index contributed by atoms with van der Waals surface area (Å²) in [5, 5.41) is 0.549. The quantitative estimate of drug-likeness (QED) is 0.637. The number of piperidine rings is 1. The average Bonchev–Trinajstić information content (AvgIpc) is 2.97. The zero-order valence-corrected chi connectivity index (χ0v) is 18.5. The van der Waals surface area contributed by atoms with Crippen LogP contribution in [0.5, 0.6) is 0 Å². The predicted molar refractivity (Wildman–Crippen MR) is 111 cm³/mol. The van der Waals surface area contributed by atoms with Crippen molar-refractivity contribution in [3.8, 4) is 0 Å². The Morgan fingerprint density at radius 1 is 1.31 bits per heavy atom. The van der Waals surface area contributed by atoms with Gasteiger partial charge in [-0.3, -0.25) is 9.59 Å². The van der Waals surface area contributed by atoms with Crippen LogP contribution in [0.1, 0.15) is 19.8 Å². The highest BCUT2D eigenvalue weighted by atomic mass is 35.5. The lowest BCUT2D eigenvalue weighted by molar-refractivity contribution is -0.143. The Balaban J connectivity index is 1.90. The largest absolute Gasteiger partial charge is 0.465 e. The van der Waals surface area contributed by atoms with E-state index in [1.54, 1.807) is 29.7 Å². The molecule has 0 bridgehead atoms. The molecule has 1 aliphatic heterocycles. The van der Waals surface area contributed by atoms with Gasteiger partial charge in [-0.05, 0) is 38.0 Å². The Labute approximate surface area is 177 Å². The van der Waals surface area contributed by atoms with Gasteiger partial charge in [0.2, 0.25) is 10.0 Å². The third-order valence-electron chi connectivity index (χ3n) is 4.72. The normalized spacial score (nSPS) is 17.0. The summed E-state index contributed by atoms with van der Waals surface area (Å²) in [5.74, 6) is -1.08. The van der Waals surface area contributed by atoms with Gasteiger partial charge in [-0.1, -0.05) is 22.9 Å². The minimum absolute atomic E-state index is 0.0614. The van der Waals surface area contributed by atoms with Crippen LogP contribution in [0.4, 0.5) is 0 Å². The Bertz CT molecular complexity index is 1100. The summed E-state index contributed by atoms with van der Waals surface area (Å²) in [5.41, 5.74) is 0.742. The SMILES string of the molecule is CCOC(=O)Cn1c(=NC(=O)C2CCN(S(C)(=O)=O)CC2)sc2cc(Cl)ccc21. The third kappa shape index (κ3) is 5.25. The van der Waals surface area contributed by atoms with E-state index >= 15 is 0 Å². The standard InChI is InChI=1S/C18H22ClN3O5S2/c1-3-27-16(23)11-22-14-5-4-13(19)10-15(14)28-18(22)20-17(24)12-6-8-21(9-7-12)29(2,25)26/h4-5,10,12H,3,6-9,11H2,1-2H3. The Morgan fingerprint density at radius 2 is 2.00 bits per heavy atom. The van der Waals surface area contributed by atoms with Crippen molar-refractivity contribution in [3.63, 3.8) is 0 Å². The van der Waals surface area contributed by atoms with Crippen molar-refractivity contribution in [2.24, 2.45) is 10.9 Å². The Morgan fingerprint density at radius 3 is 2.62 bits per heavy atom. The molecule has 1 aromatic heterocycles. The van der Waals surface area contributed by atoms with Crippen molar-refractivity contribution >= 4 is 55.1 Å². The maximum Gasteiger partial charge on any atom is 0.326 e. The molecule has 11 heteroatoms. The summed E-state index contributed by atoms with van der Waals surface area (Å²) in [4.78, 5) is 29.5. The fourth-order valence-electron chi connectivity index (χ4n) is 3.24. The molecule has 158 valence electrons. The van der Waals surface area contributed by atoms with E-state index in [9.17, 15) is 18.0 Å². The molecule has 0 radical (unpaired) electrons. The molecule has 2 aromatic rings. The fraction of sp³-hybridized carbons (Fsp3) is 0.500. The van der Waals surface area contributed by atoms with Crippen molar-refractivity contribution in [1.29, 1.82) is 0 Å². The number of hydrogen-bond acceptors (Lipinski definition) is 6. The number of rotatable bonds is 5. The first-order valence-electron chi connectivity index (χ1n) is 9.17. The zero-order chi connectivity index (χ0) is 21.2. The molecule has 1 saturated heterocycles. The molecule has 2 heterocycles. The maximum absolute atomic E-state index is 12.7. The number of carbonyl (C=O) groups is 2. The molecular formula is C18H22ClN3O5S2. The highest BCUT2D eigenvalue weighted by molar-refractivity contribution is 7.88. The van der Waals surface area contributed by atoms with Gasteiger partial charge in [0.25, 0.3) is 5.91 Å². The maximum atomic E-state index is 12.7. The molecule has 1 fully saturated rings. The summed E-state index contributed by atoms with van der Waals surface area (Å²) in [6.07, 6.45) is 2.01. The molecule has 0 N–H and O–H groups in total. The summed E-state index contributed by atoms with van der Waals surface area (Å²) in [7, 11) is -3.26. The van der Waals surface area contributed by atoms with E-state index in [4.69, 9.17) is 16.3 Å². The molecule has 8 nitrogen and oxygen atoms in total. The number of thiazole rings is 1. The molecule has 0 saturated carbocycles. The van der Waals surface area contributed by atoms with Crippen LogP contribution in [0.15, 0.2) is 23.2 Å².